The summed E-state index contributed by atoms with van der Waals surface area (Å²) in [5, 5.41) is 3.23. The zero-order chi connectivity index (χ0) is 15.3. The number of halogens is 4. The van der Waals surface area contributed by atoms with Crippen molar-refractivity contribution in [1.29, 1.82) is 0 Å². The van der Waals surface area contributed by atoms with E-state index in [2.05, 4.69) is 35.1 Å². The minimum Gasteiger partial charge on any atom is -0.381 e. The highest BCUT2D eigenvalue weighted by molar-refractivity contribution is 9.10. The molecule has 0 heterocycles. The molecule has 1 nitrogen and oxygen atoms in total. The van der Waals surface area contributed by atoms with Crippen LogP contribution in [0.4, 0.5) is 18.9 Å². The van der Waals surface area contributed by atoms with Crippen molar-refractivity contribution >= 4 is 21.6 Å². The summed E-state index contributed by atoms with van der Waals surface area (Å²) in [5.41, 5.74) is -0.114. The van der Waals surface area contributed by atoms with Crippen LogP contribution in [0.15, 0.2) is 22.7 Å². The fraction of sp³-hybridized carbons (Fsp3) is 0.600. The lowest BCUT2D eigenvalue weighted by atomic mass is 9.97. The van der Waals surface area contributed by atoms with Gasteiger partial charge in [-0.25, -0.2) is 0 Å². The van der Waals surface area contributed by atoms with E-state index >= 15 is 0 Å². The Kier molecular flexibility index (Phi) is 6.37. The van der Waals surface area contributed by atoms with Crippen molar-refractivity contribution in [3.05, 3.63) is 28.2 Å². The fourth-order valence-electron chi connectivity index (χ4n) is 2.01. The molecule has 0 fully saturated rings. The van der Waals surface area contributed by atoms with E-state index in [9.17, 15) is 13.2 Å². The normalized spacial score (nSPS) is 14.9. The molecule has 2 unspecified atom stereocenters. The predicted octanol–water partition coefficient (Wildman–Crippen LogP) is 6.09. The van der Waals surface area contributed by atoms with E-state index in [1.807, 2.05) is 6.92 Å². The second-order valence-electron chi connectivity index (χ2n) is 5.19. The molecule has 0 aliphatic heterocycles. The van der Waals surface area contributed by atoms with Gasteiger partial charge in [0.2, 0.25) is 0 Å². The maximum absolute atomic E-state index is 12.7. The van der Waals surface area contributed by atoms with Crippen molar-refractivity contribution in [2.24, 2.45) is 5.92 Å². The number of hydrogen-bond acceptors (Lipinski definition) is 1. The molecule has 0 bridgehead atoms. The second kappa shape index (κ2) is 7.34. The van der Waals surface area contributed by atoms with Gasteiger partial charge >= 0.3 is 6.18 Å². The summed E-state index contributed by atoms with van der Waals surface area (Å²) >= 11 is 3.31. The summed E-state index contributed by atoms with van der Waals surface area (Å²) in [7, 11) is 0. The van der Waals surface area contributed by atoms with Gasteiger partial charge in [-0.3, -0.25) is 0 Å². The number of nitrogens with one attached hydrogen (secondary N) is 1. The predicted molar refractivity (Wildman–Crippen MR) is 80.9 cm³/mol. The standard InChI is InChI=1S/C15H21BrF3N/c1-4-10(3)8-12(5-2)20-14-9-11(15(17,18)19)6-7-13(14)16/h6-7,9-10,12,20H,4-5,8H2,1-3H3. The van der Waals surface area contributed by atoms with E-state index in [0.717, 1.165) is 25.3 Å². The van der Waals surface area contributed by atoms with E-state index in [1.165, 1.54) is 12.1 Å². The van der Waals surface area contributed by atoms with Crippen molar-refractivity contribution in [3.63, 3.8) is 0 Å². The average Bonchev–Trinajstić information content (AvgIpc) is 2.38. The summed E-state index contributed by atoms with van der Waals surface area (Å²) in [4.78, 5) is 0. The molecule has 0 radical (unpaired) electrons. The van der Waals surface area contributed by atoms with Crippen molar-refractivity contribution in [3.8, 4) is 0 Å². The Bertz CT molecular complexity index is 432. The van der Waals surface area contributed by atoms with Crippen LogP contribution in [0.1, 0.15) is 45.6 Å². The van der Waals surface area contributed by atoms with Gasteiger partial charge in [-0.05, 0) is 52.9 Å². The van der Waals surface area contributed by atoms with Crippen LogP contribution >= 0.6 is 15.9 Å². The van der Waals surface area contributed by atoms with Crippen LogP contribution in [-0.4, -0.2) is 6.04 Å². The SMILES string of the molecule is CCC(C)CC(CC)Nc1cc(C(F)(F)F)ccc1Br. The zero-order valence-electron chi connectivity index (χ0n) is 12.0. The van der Waals surface area contributed by atoms with E-state index in [-0.39, 0.29) is 6.04 Å². The monoisotopic (exact) mass is 351 g/mol. The van der Waals surface area contributed by atoms with Crippen LogP contribution in [0.3, 0.4) is 0 Å². The van der Waals surface area contributed by atoms with E-state index < -0.39 is 11.7 Å². The Morgan fingerprint density at radius 3 is 2.35 bits per heavy atom. The van der Waals surface area contributed by atoms with Gasteiger partial charge < -0.3 is 5.32 Å². The lowest BCUT2D eigenvalue weighted by Crippen LogP contribution is -2.21. The van der Waals surface area contributed by atoms with Gasteiger partial charge in [0.05, 0.1) is 5.56 Å². The number of anilines is 1. The molecule has 0 aliphatic carbocycles. The van der Waals surface area contributed by atoms with Crippen LogP contribution in [0.2, 0.25) is 0 Å². The third-order valence-corrected chi connectivity index (χ3v) is 4.22. The highest BCUT2D eigenvalue weighted by Crippen LogP contribution is 2.34. The molecule has 20 heavy (non-hydrogen) atoms. The Morgan fingerprint density at radius 2 is 1.85 bits per heavy atom. The number of rotatable bonds is 6. The second-order valence-corrected chi connectivity index (χ2v) is 6.05. The van der Waals surface area contributed by atoms with Gasteiger partial charge in [0, 0.05) is 16.2 Å². The molecule has 5 heteroatoms. The highest BCUT2D eigenvalue weighted by Gasteiger charge is 2.31. The fourth-order valence-corrected chi connectivity index (χ4v) is 2.37. The quantitative estimate of drug-likeness (QED) is 0.653. The third-order valence-electron chi connectivity index (χ3n) is 3.53. The molecule has 114 valence electrons. The average molecular weight is 352 g/mol. The van der Waals surface area contributed by atoms with Gasteiger partial charge in [-0.15, -0.1) is 0 Å². The molecule has 2 atom stereocenters. The molecule has 0 saturated heterocycles. The summed E-state index contributed by atoms with van der Waals surface area (Å²) < 4.78 is 38.9. The first-order chi connectivity index (χ1) is 9.27. The maximum atomic E-state index is 12.7. The maximum Gasteiger partial charge on any atom is 0.416 e. The van der Waals surface area contributed by atoms with Gasteiger partial charge in [0.15, 0.2) is 0 Å². The highest BCUT2D eigenvalue weighted by atomic mass is 79.9. The summed E-state index contributed by atoms with van der Waals surface area (Å²) in [6, 6.07) is 3.89. The molecule has 0 amide bonds. The first-order valence-electron chi connectivity index (χ1n) is 6.91. The molecule has 1 rings (SSSR count). The Labute approximate surface area is 127 Å². The zero-order valence-corrected chi connectivity index (χ0v) is 13.6. The number of hydrogen-bond donors (Lipinski definition) is 1. The topological polar surface area (TPSA) is 12.0 Å². The smallest absolute Gasteiger partial charge is 0.381 e. The first kappa shape index (κ1) is 17.3. The molecule has 0 aromatic heterocycles. The molecular formula is C15H21BrF3N. The number of alkyl halides is 3. The molecule has 1 aromatic carbocycles. The van der Waals surface area contributed by atoms with E-state index in [1.54, 1.807) is 0 Å². The van der Waals surface area contributed by atoms with Crippen LogP contribution < -0.4 is 5.32 Å². The van der Waals surface area contributed by atoms with Crippen LogP contribution in [-0.2, 0) is 6.18 Å². The number of benzene rings is 1. The Balaban J connectivity index is 2.89. The minimum absolute atomic E-state index is 0.185. The van der Waals surface area contributed by atoms with Crippen LogP contribution in [0.5, 0.6) is 0 Å². The van der Waals surface area contributed by atoms with E-state index in [0.29, 0.717) is 16.1 Å². The van der Waals surface area contributed by atoms with E-state index in [4.69, 9.17) is 0 Å². The largest absolute Gasteiger partial charge is 0.416 e. The molecular weight excluding hydrogens is 331 g/mol. The summed E-state index contributed by atoms with van der Waals surface area (Å²) in [6.45, 7) is 6.32. The summed E-state index contributed by atoms with van der Waals surface area (Å²) in [5.74, 6) is 0.553. The lowest BCUT2D eigenvalue weighted by Gasteiger charge is -2.23. The first-order valence-corrected chi connectivity index (χ1v) is 7.70. The van der Waals surface area contributed by atoms with Crippen LogP contribution in [0.25, 0.3) is 0 Å². The van der Waals surface area contributed by atoms with Crippen molar-refractivity contribution in [1.82, 2.24) is 0 Å². The molecule has 1 N–H and O–H groups in total. The Hall–Kier alpha value is -0.710. The van der Waals surface area contributed by atoms with Crippen molar-refractivity contribution in [2.75, 3.05) is 5.32 Å². The Morgan fingerprint density at radius 1 is 1.20 bits per heavy atom. The van der Waals surface area contributed by atoms with Gasteiger partial charge in [0.25, 0.3) is 0 Å². The van der Waals surface area contributed by atoms with Crippen molar-refractivity contribution < 1.29 is 13.2 Å². The molecule has 0 saturated carbocycles. The van der Waals surface area contributed by atoms with Crippen LogP contribution in [0, 0.1) is 5.92 Å². The molecule has 0 aliphatic rings. The molecule has 0 spiro atoms. The van der Waals surface area contributed by atoms with Crippen molar-refractivity contribution in [2.45, 2.75) is 52.3 Å². The molecule has 1 aromatic rings. The van der Waals surface area contributed by atoms with Gasteiger partial charge in [0.1, 0.15) is 0 Å². The third kappa shape index (κ3) is 5.00. The summed E-state index contributed by atoms with van der Waals surface area (Å²) in [6.07, 6.45) is -1.40. The van der Waals surface area contributed by atoms with Gasteiger partial charge in [-0.1, -0.05) is 27.2 Å². The minimum atomic E-state index is -4.31. The van der Waals surface area contributed by atoms with Gasteiger partial charge in [-0.2, -0.15) is 13.2 Å². The lowest BCUT2D eigenvalue weighted by molar-refractivity contribution is -0.137.